The lowest BCUT2D eigenvalue weighted by atomic mass is 10.0. The summed E-state index contributed by atoms with van der Waals surface area (Å²) >= 11 is 0. The molecule has 0 aliphatic carbocycles. The molecule has 2 aromatic heterocycles. The van der Waals surface area contributed by atoms with E-state index in [-0.39, 0.29) is 11.9 Å². The number of rotatable bonds is 3. The Balaban J connectivity index is 1.43. The minimum atomic E-state index is -4.43. The molecule has 152 valence electrons. The maximum Gasteiger partial charge on any atom is 0.417 e. The first-order valence-electron chi connectivity index (χ1n) is 9.36. The number of carbonyl (C=O) groups excluding carboxylic acids is 1. The lowest BCUT2D eigenvalue weighted by molar-refractivity contribution is -0.137. The molecule has 0 bridgehead atoms. The fourth-order valence-electron chi connectivity index (χ4n) is 3.46. The van der Waals surface area contributed by atoms with Crippen molar-refractivity contribution in [3.05, 3.63) is 59.3 Å². The zero-order chi connectivity index (χ0) is 20.6. The highest BCUT2D eigenvalue weighted by Gasteiger charge is 2.32. The molecule has 0 atom stereocenters. The number of aryl methyl sites for hydroxylation is 1. The molecule has 3 heterocycles. The van der Waals surface area contributed by atoms with E-state index in [0.717, 1.165) is 17.8 Å². The van der Waals surface area contributed by atoms with E-state index >= 15 is 0 Å². The van der Waals surface area contributed by atoms with Gasteiger partial charge in [-0.3, -0.25) is 9.20 Å². The average molecular weight is 403 g/mol. The number of halogens is 3. The van der Waals surface area contributed by atoms with E-state index in [2.05, 4.69) is 15.5 Å². The molecule has 9 heteroatoms. The number of nitrogens with zero attached hydrogens (tertiary/aromatic N) is 4. The average Bonchev–Trinajstić information content (AvgIpc) is 3.12. The van der Waals surface area contributed by atoms with Crippen molar-refractivity contribution >= 4 is 17.5 Å². The lowest BCUT2D eigenvalue weighted by Gasteiger charge is -2.32. The number of alkyl halides is 3. The van der Waals surface area contributed by atoms with E-state index < -0.39 is 11.7 Å². The van der Waals surface area contributed by atoms with Gasteiger partial charge in [-0.2, -0.15) is 13.2 Å². The second-order valence-corrected chi connectivity index (χ2v) is 7.24. The minimum absolute atomic E-state index is 0.00461. The van der Waals surface area contributed by atoms with Crippen LogP contribution < -0.4 is 10.2 Å². The van der Waals surface area contributed by atoms with Gasteiger partial charge >= 0.3 is 6.18 Å². The predicted octanol–water partition coefficient (Wildman–Crippen LogP) is 3.46. The summed E-state index contributed by atoms with van der Waals surface area (Å²) in [5, 5.41) is 11.1. The van der Waals surface area contributed by atoms with Gasteiger partial charge in [-0.05, 0) is 44.0 Å². The fourth-order valence-corrected chi connectivity index (χ4v) is 3.46. The van der Waals surface area contributed by atoms with Gasteiger partial charge < -0.3 is 10.2 Å². The summed E-state index contributed by atoms with van der Waals surface area (Å²) in [6.07, 6.45) is -2.06. The maximum absolute atomic E-state index is 13.0. The van der Waals surface area contributed by atoms with Crippen molar-refractivity contribution in [2.24, 2.45) is 0 Å². The Labute approximate surface area is 165 Å². The molecule has 3 aromatic rings. The number of carbonyl (C=O) groups is 1. The van der Waals surface area contributed by atoms with Gasteiger partial charge in [-0.25, -0.2) is 0 Å². The zero-order valence-corrected chi connectivity index (χ0v) is 15.8. The molecule has 0 saturated carbocycles. The molecule has 1 amide bonds. The number of anilines is 1. The Bertz CT molecular complexity index is 1020. The van der Waals surface area contributed by atoms with Gasteiger partial charge in [0.25, 0.3) is 5.91 Å². The summed E-state index contributed by atoms with van der Waals surface area (Å²) < 4.78 is 40.4. The summed E-state index contributed by atoms with van der Waals surface area (Å²) in [5.74, 6) is 0.264. The molecule has 1 aromatic carbocycles. The normalized spacial score (nSPS) is 15.7. The summed E-state index contributed by atoms with van der Waals surface area (Å²) in [5.41, 5.74) is 1.32. The Kier molecular flexibility index (Phi) is 4.89. The summed E-state index contributed by atoms with van der Waals surface area (Å²) in [6.45, 7) is 3.09. The number of amides is 1. The van der Waals surface area contributed by atoms with Crippen molar-refractivity contribution in [3.63, 3.8) is 0 Å². The van der Waals surface area contributed by atoms with E-state index in [1.807, 2.05) is 24.0 Å². The van der Waals surface area contributed by atoms with Crippen molar-refractivity contribution in [1.29, 1.82) is 0 Å². The number of pyridine rings is 1. The largest absolute Gasteiger partial charge is 0.417 e. The van der Waals surface area contributed by atoms with Crippen LogP contribution in [0.4, 0.5) is 19.1 Å². The zero-order valence-electron chi connectivity index (χ0n) is 15.8. The van der Waals surface area contributed by atoms with Crippen LogP contribution in [0.3, 0.4) is 0 Å². The molecule has 1 fully saturated rings. The topological polar surface area (TPSA) is 62.5 Å². The number of nitrogens with one attached hydrogen (secondary N) is 1. The molecule has 4 rings (SSSR count). The third-order valence-corrected chi connectivity index (χ3v) is 5.14. The van der Waals surface area contributed by atoms with E-state index in [4.69, 9.17) is 0 Å². The Morgan fingerprint density at radius 3 is 2.41 bits per heavy atom. The maximum atomic E-state index is 13.0. The Hall–Kier alpha value is -3.10. The summed E-state index contributed by atoms with van der Waals surface area (Å²) in [4.78, 5) is 14.3. The molecule has 0 spiro atoms. The van der Waals surface area contributed by atoms with Crippen molar-refractivity contribution in [1.82, 2.24) is 19.9 Å². The Morgan fingerprint density at radius 2 is 1.76 bits per heavy atom. The molecule has 1 aliphatic heterocycles. The third kappa shape index (κ3) is 4.03. The van der Waals surface area contributed by atoms with Crippen LogP contribution in [0.15, 0.2) is 42.6 Å². The second kappa shape index (κ2) is 7.38. The van der Waals surface area contributed by atoms with E-state index in [1.54, 1.807) is 12.1 Å². The molecule has 1 saturated heterocycles. The van der Waals surface area contributed by atoms with Crippen molar-refractivity contribution < 1.29 is 18.0 Å². The second-order valence-electron chi connectivity index (χ2n) is 7.24. The molecule has 1 N–H and O–H groups in total. The van der Waals surface area contributed by atoms with Crippen molar-refractivity contribution in [2.45, 2.75) is 32.0 Å². The fraction of sp³-hybridized carbons (Fsp3) is 0.350. The first-order chi connectivity index (χ1) is 13.8. The number of hydrogen-bond acceptors (Lipinski definition) is 4. The number of piperidine rings is 1. The van der Waals surface area contributed by atoms with Crippen LogP contribution in [0.2, 0.25) is 0 Å². The van der Waals surface area contributed by atoms with E-state index in [0.29, 0.717) is 43.1 Å². The van der Waals surface area contributed by atoms with Gasteiger partial charge in [0.1, 0.15) is 0 Å². The number of benzene rings is 1. The van der Waals surface area contributed by atoms with Gasteiger partial charge in [0.2, 0.25) is 5.95 Å². The van der Waals surface area contributed by atoms with Gasteiger partial charge in [-0.15, -0.1) is 10.2 Å². The van der Waals surface area contributed by atoms with Crippen LogP contribution in [0.5, 0.6) is 0 Å². The summed E-state index contributed by atoms with van der Waals surface area (Å²) in [6, 6.07) is 9.69. The smallest absolute Gasteiger partial charge is 0.349 e. The van der Waals surface area contributed by atoms with Crippen molar-refractivity contribution in [2.75, 3.05) is 18.0 Å². The first kappa shape index (κ1) is 19.2. The standard InChI is InChI=1S/C20H20F3N5O/c1-13-2-4-14(5-3-13)18(29)24-16-8-10-27(11-9-16)19-26-25-17-7-6-15(12-28(17)19)20(21,22)23/h2-7,12,16H,8-11H2,1H3,(H,24,29). The highest BCUT2D eigenvalue weighted by Crippen LogP contribution is 2.30. The molecule has 0 unspecified atom stereocenters. The SMILES string of the molecule is Cc1ccc(C(=O)NC2CCN(c3nnc4ccc(C(F)(F)F)cn34)CC2)cc1. The van der Waals surface area contributed by atoms with Crippen LogP contribution in [-0.2, 0) is 6.18 Å². The monoisotopic (exact) mass is 403 g/mol. The first-order valence-corrected chi connectivity index (χ1v) is 9.36. The van der Waals surface area contributed by atoms with Gasteiger partial charge in [-0.1, -0.05) is 17.7 Å². The van der Waals surface area contributed by atoms with Crippen LogP contribution in [-0.4, -0.2) is 39.6 Å². The van der Waals surface area contributed by atoms with Crippen molar-refractivity contribution in [3.8, 4) is 0 Å². The highest BCUT2D eigenvalue weighted by molar-refractivity contribution is 5.94. The van der Waals surface area contributed by atoms with Gasteiger partial charge in [0, 0.05) is 30.9 Å². The molecular weight excluding hydrogens is 383 g/mol. The van der Waals surface area contributed by atoms with E-state index in [9.17, 15) is 18.0 Å². The van der Waals surface area contributed by atoms with Crippen LogP contribution >= 0.6 is 0 Å². The predicted molar refractivity (Wildman–Crippen MR) is 102 cm³/mol. The Morgan fingerprint density at radius 1 is 1.07 bits per heavy atom. The molecule has 0 radical (unpaired) electrons. The summed E-state index contributed by atoms with van der Waals surface area (Å²) in [7, 11) is 0. The van der Waals surface area contributed by atoms with Gasteiger partial charge in [0.15, 0.2) is 5.65 Å². The molecule has 6 nitrogen and oxygen atoms in total. The number of fused-ring (bicyclic) bond motifs is 1. The van der Waals surface area contributed by atoms with Crippen LogP contribution in [0.25, 0.3) is 5.65 Å². The quantitative estimate of drug-likeness (QED) is 0.728. The number of hydrogen-bond donors (Lipinski definition) is 1. The third-order valence-electron chi connectivity index (χ3n) is 5.14. The van der Waals surface area contributed by atoms with Gasteiger partial charge in [0.05, 0.1) is 5.56 Å². The van der Waals surface area contributed by atoms with Crippen LogP contribution in [0, 0.1) is 6.92 Å². The highest BCUT2D eigenvalue weighted by atomic mass is 19.4. The molecule has 29 heavy (non-hydrogen) atoms. The van der Waals surface area contributed by atoms with Crippen LogP contribution in [0.1, 0.15) is 34.3 Å². The molecular formula is C20H20F3N5O. The molecule has 1 aliphatic rings. The number of aromatic nitrogens is 3. The van der Waals surface area contributed by atoms with E-state index in [1.165, 1.54) is 10.5 Å². The minimum Gasteiger partial charge on any atom is -0.349 e. The lowest BCUT2D eigenvalue weighted by Crippen LogP contribution is -2.45.